The molecule has 7 aromatic carbocycles. The molecule has 0 saturated carbocycles. The van der Waals surface area contributed by atoms with Gasteiger partial charge in [0.05, 0.1) is 5.69 Å². The van der Waals surface area contributed by atoms with E-state index in [-0.39, 0.29) is 33.9 Å². The molecule has 0 unspecified atom stereocenters. The molecule has 320 valence electrons. The van der Waals surface area contributed by atoms with Crippen molar-refractivity contribution in [3.05, 3.63) is 149 Å². The molecule has 4 heterocycles. The average Bonchev–Trinajstić information content (AvgIpc) is 3.89. The topological polar surface area (TPSA) is 8.17 Å². The molecule has 9 aromatic rings. The molecule has 0 saturated heterocycles. The van der Waals surface area contributed by atoms with Crippen molar-refractivity contribution in [1.82, 2.24) is 4.48 Å². The summed E-state index contributed by atoms with van der Waals surface area (Å²) in [5, 5.41) is 6.69. The first-order valence-electron chi connectivity index (χ1n) is 24.3. The summed E-state index contributed by atoms with van der Waals surface area (Å²) in [6, 6.07) is 46.0. The molecule has 0 spiro atoms. The first kappa shape index (κ1) is 38.7. The molecule has 2 nitrogen and oxygen atoms in total. The predicted octanol–water partition coefficient (Wildman–Crippen LogP) is 15.6. The number of rotatable bonds is 1. The van der Waals surface area contributed by atoms with Crippen molar-refractivity contribution in [3.63, 3.8) is 0 Å². The Kier molecular flexibility index (Phi) is 7.17. The van der Waals surface area contributed by atoms with E-state index in [4.69, 9.17) is 0 Å². The van der Waals surface area contributed by atoms with Gasteiger partial charge in [0.15, 0.2) is 0 Å². The lowest BCUT2D eigenvalue weighted by Gasteiger charge is -2.45. The fourth-order valence-electron chi connectivity index (χ4n) is 14.0. The quantitative estimate of drug-likeness (QED) is 0.149. The molecule has 0 bridgehead atoms. The molecule has 5 aliphatic rings. The monoisotopic (exact) mass is 860 g/mol. The minimum absolute atomic E-state index is 0.00410. The third-order valence-electron chi connectivity index (χ3n) is 17.8. The normalized spacial score (nSPS) is 19.5. The first-order chi connectivity index (χ1) is 31.0. The van der Waals surface area contributed by atoms with Crippen LogP contribution in [0.3, 0.4) is 0 Å². The van der Waals surface area contributed by atoms with E-state index < -0.39 is 0 Å². The number of fused-ring (bicyclic) bond motifs is 16. The summed E-state index contributed by atoms with van der Waals surface area (Å²) >= 11 is 2.07. The van der Waals surface area contributed by atoms with Crippen molar-refractivity contribution in [2.24, 2.45) is 0 Å². The van der Waals surface area contributed by atoms with Gasteiger partial charge in [0.2, 0.25) is 0 Å². The summed E-state index contributed by atoms with van der Waals surface area (Å²) in [5.74, 6) is 0. The highest BCUT2D eigenvalue weighted by molar-refractivity contribution is 7.32. The summed E-state index contributed by atoms with van der Waals surface area (Å²) in [7, 11) is 0. The number of thiophene rings is 1. The summed E-state index contributed by atoms with van der Waals surface area (Å²) < 4.78 is 5.67. The lowest BCUT2D eigenvalue weighted by atomic mass is 9.47. The number of nitrogens with zero attached hydrogens (tertiary/aromatic N) is 2. The molecule has 0 N–H and O–H groups in total. The fourth-order valence-corrected chi connectivity index (χ4v) is 15.3. The summed E-state index contributed by atoms with van der Waals surface area (Å²) in [6.45, 7) is 24.9. The number of para-hydroxylation sites is 1. The maximum absolute atomic E-state index is 2.83. The molecule has 2 aliphatic heterocycles. The maximum atomic E-state index is 2.83. The van der Waals surface area contributed by atoms with Gasteiger partial charge < -0.3 is 9.38 Å². The standard InChI is InChI=1S/C61H57BN2S/c1-57(2)24-25-58(3,4)46-30-36(22-23-45(46)57)63-54-43-32-47-48(60(7,8)27-26-59(47,5)6)33-50(43)65-56(54)62-52-42(31-41-37-18-13-14-21-44(37)61(9,10)51(41)55(52)63)39-20-15-19-38-40-28-34-16-11-12-17-35(34)29-49(40)64(62)53(38)39/h11-23,28-33H,24-27H2,1-10H3. The Morgan fingerprint density at radius 2 is 1.11 bits per heavy atom. The van der Waals surface area contributed by atoms with Crippen molar-refractivity contribution < 1.29 is 0 Å². The maximum Gasteiger partial charge on any atom is 0.343 e. The Labute approximate surface area is 388 Å². The van der Waals surface area contributed by atoms with Crippen LogP contribution >= 0.6 is 11.3 Å². The van der Waals surface area contributed by atoms with Crippen LogP contribution in [0.25, 0.3) is 64.9 Å². The van der Waals surface area contributed by atoms with Crippen molar-refractivity contribution in [2.75, 3.05) is 4.90 Å². The van der Waals surface area contributed by atoms with E-state index in [1.807, 2.05) is 0 Å². The van der Waals surface area contributed by atoms with E-state index in [2.05, 4.69) is 205 Å². The molecule has 0 atom stereocenters. The van der Waals surface area contributed by atoms with Crippen molar-refractivity contribution in [3.8, 4) is 22.3 Å². The third kappa shape index (κ3) is 4.77. The molecule has 3 aliphatic carbocycles. The summed E-state index contributed by atoms with van der Waals surface area (Å²) in [6.07, 6.45) is 4.78. The second kappa shape index (κ2) is 12.1. The first-order valence-corrected chi connectivity index (χ1v) is 25.1. The molecular weight excluding hydrogens is 804 g/mol. The van der Waals surface area contributed by atoms with Gasteiger partial charge in [-0.25, -0.2) is 0 Å². The molecule has 14 rings (SSSR count). The highest BCUT2D eigenvalue weighted by atomic mass is 32.1. The number of hydrogen-bond acceptors (Lipinski definition) is 2. The van der Waals surface area contributed by atoms with Gasteiger partial charge in [-0.05, 0) is 156 Å². The van der Waals surface area contributed by atoms with Gasteiger partial charge in [-0.1, -0.05) is 142 Å². The Hall–Kier alpha value is -5.58. The zero-order chi connectivity index (χ0) is 44.5. The Bertz CT molecular complexity index is 3660. The van der Waals surface area contributed by atoms with E-state index >= 15 is 0 Å². The smallest absolute Gasteiger partial charge is 0.343 e. The zero-order valence-electron chi connectivity index (χ0n) is 39.7. The van der Waals surface area contributed by atoms with E-state index in [0.29, 0.717) is 0 Å². The van der Waals surface area contributed by atoms with Crippen LogP contribution in [0.2, 0.25) is 0 Å². The third-order valence-corrected chi connectivity index (χ3v) is 19.0. The van der Waals surface area contributed by atoms with Gasteiger partial charge in [-0.2, -0.15) is 0 Å². The average molecular weight is 861 g/mol. The van der Waals surface area contributed by atoms with Crippen LogP contribution in [-0.2, 0) is 27.1 Å². The van der Waals surface area contributed by atoms with E-state index in [1.165, 1.54) is 151 Å². The van der Waals surface area contributed by atoms with Crippen molar-refractivity contribution in [1.29, 1.82) is 0 Å². The lowest BCUT2D eigenvalue weighted by Crippen LogP contribution is -2.56. The number of benzene rings is 7. The highest BCUT2D eigenvalue weighted by Crippen LogP contribution is 2.60. The van der Waals surface area contributed by atoms with Gasteiger partial charge in [-0.15, -0.1) is 11.3 Å². The molecule has 0 radical (unpaired) electrons. The number of anilines is 3. The zero-order valence-corrected chi connectivity index (χ0v) is 40.5. The molecule has 0 fully saturated rings. The van der Waals surface area contributed by atoms with Gasteiger partial charge in [-0.3, -0.25) is 0 Å². The SMILES string of the molecule is CC1(C)CCC(C)(C)c2cc(N3c4c5c(cc6c4C(C)(C)c4ccccc4-6)-c4cccc6c7cc8ccccc8cc7n(c46)B5c4sc5cc6c(cc5c43)C(C)(C)CCC6(C)C)ccc21. The van der Waals surface area contributed by atoms with E-state index in [1.54, 1.807) is 0 Å². The van der Waals surface area contributed by atoms with Crippen LogP contribution < -0.4 is 15.1 Å². The minimum atomic E-state index is -0.232. The van der Waals surface area contributed by atoms with Crippen molar-refractivity contribution >= 4 is 88.2 Å². The molecule has 65 heavy (non-hydrogen) atoms. The second-order valence-corrected chi connectivity index (χ2v) is 24.9. The van der Waals surface area contributed by atoms with Gasteiger partial charge in [0, 0.05) is 59.0 Å². The largest absolute Gasteiger partial charge is 0.375 e. The van der Waals surface area contributed by atoms with Gasteiger partial charge in [0.1, 0.15) is 0 Å². The van der Waals surface area contributed by atoms with Crippen LogP contribution in [0.4, 0.5) is 17.1 Å². The van der Waals surface area contributed by atoms with Crippen LogP contribution in [-0.4, -0.2) is 11.3 Å². The summed E-state index contributed by atoms with van der Waals surface area (Å²) in [5.41, 5.74) is 22.8. The highest BCUT2D eigenvalue weighted by Gasteiger charge is 2.51. The fraction of sp³-hybridized carbons (Fsp3) is 0.311. The van der Waals surface area contributed by atoms with Crippen LogP contribution in [0.5, 0.6) is 0 Å². The van der Waals surface area contributed by atoms with E-state index in [0.717, 1.165) is 0 Å². The van der Waals surface area contributed by atoms with Crippen LogP contribution in [0.15, 0.2) is 115 Å². The lowest BCUT2D eigenvalue weighted by molar-refractivity contribution is 0.332. The Morgan fingerprint density at radius 3 is 1.85 bits per heavy atom. The minimum Gasteiger partial charge on any atom is -0.375 e. The molecular formula is C61H57BN2S. The number of hydrogen-bond donors (Lipinski definition) is 0. The van der Waals surface area contributed by atoms with Crippen LogP contribution in [0.1, 0.15) is 128 Å². The molecule has 4 heteroatoms. The molecule has 0 amide bonds. The van der Waals surface area contributed by atoms with Crippen LogP contribution in [0, 0.1) is 0 Å². The Balaban J connectivity index is 1.20. The Morgan fingerprint density at radius 1 is 0.477 bits per heavy atom. The second-order valence-electron chi connectivity index (χ2n) is 23.8. The number of aromatic nitrogens is 1. The van der Waals surface area contributed by atoms with Gasteiger partial charge >= 0.3 is 6.85 Å². The van der Waals surface area contributed by atoms with Gasteiger partial charge in [0.25, 0.3) is 0 Å². The summed E-state index contributed by atoms with van der Waals surface area (Å²) in [4.78, 5) is 2.83. The van der Waals surface area contributed by atoms with E-state index in [9.17, 15) is 0 Å². The predicted molar refractivity (Wildman–Crippen MR) is 281 cm³/mol. The molecule has 2 aromatic heterocycles. The van der Waals surface area contributed by atoms with Crippen molar-refractivity contribution in [2.45, 2.75) is 122 Å².